The predicted octanol–water partition coefficient (Wildman–Crippen LogP) is 1.29. The van der Waals surface area contributed by atoms with Gasteiger partial charge in [0.1, 0.15) is 0 Å². The molecule has 0 spiro atoms. The van der Waals surface area contributed by atoms with Crippen molar-refractivity contribution in [3.05, 3.63) is 24.3 Å². The first-order chi connectivity index (χ1) is 7.16. The van der Waals surface area contributed by atoms with Crippen molar-refractivity contribution in [2.45, 2.75) is 12.5 Å². The zero-order valence-electron chi connectivity index (χ0n) is 9.48. The van der Waals surface area contributed by atoms with Gasteiger partial charge in [0.25, 0.3) is 0 Å². The summed E-state index contributed by atoms with van der Waals surface area (Å²) in [6, 6.07) is 9.00. The second-order valence-electron chi connectivity index (χ2n) is 4.41. The second kappa shape index (κ2) is 4.11. The third-order valence-corrected chi connectivity index (χ3v) is 2.96. The van der Waals surface area contributed by atoms with Crippen LogP contribution in [0.5, 0.6) is 0 Å². The van der Waals surface area contributed by atoms with Crippen LogP contribution in [0.15, 0.2) is 24.3 Å². The number of hydrogen-bond donors (Lipinski definition) is 1. The molecule has 1 saturated heterocycles. The van der Waals surface area contributed by atoms with E-state index in [1.54, 1.807) is 0 Å². The Hall–Kier alpha value is -1.22. The average Bonchev–Trinajstić information content (AvgIpc) is 2.65. The van der Waals surface area contributed by atoms with Crippen molar-refractivity contribution < 1.29 is 0 Å². The number of hydrogen-bond acceptors (Lipinski definition) is 3. The highest BCUT2D eigenvalue weighted by atomic mass is 15.2. The number of anilines is 2. The third-order valence-electron chi connectivity index (χ3n) is 2.96. The highest BCUT2D eigenvalue weighted by molar-refractivity contribution is 5.56. The van der Waals surface area contributed by atoms with Crippen molar-refractivity contribution in [3.63, 3.8) is 0 Å². The Kier molecular flexibility index (Phi) is 2.82. The van der Waals surface area contributed by atoms with Crippen molar-refractivity contribution in [3.8, 4) is 0 Å². The number of nitrogens with two attached hydrogens (primary N) is 1. The zero-order valence-corrected chi connectivity index (χ0v) is 9.48. The smallest absolute Gasteiger partial charge is 0.0368 e. The van der Waals surface area contributed by atoms with Crippen molar-refractivity contribution >= 4 is 11.4 Å². The van der Waals surface area contributed by atoms with E-state index < -0.39 is 0 Å². The van der Waals surface area contributed by atoms with Gasteiger partial charge in [-0.1, -0.05) is 0 Å². The van der Waals surface area contributed by atoms with Gasteiger partial charge < -0.3 is 15.5 Å². The molecule has 0 aromatic heterocycles. The van der Waals surface area contributed by atoms with Gasteiger partial charge in [0.2, 0.25) is 0 Å². The molecule has 2 N–H and O–H groups in total. The fourth-order valence-corrected chi connectivity index (χ4v) is 1.98. The third kappa shape index (κ3) is 2.23. The molecule has 0 amide bonds. The molecule has 2 rings (SSSR count). The molecule has 0 aliphatic carbocycles. The van der Waals surface area contributed by atoms with Gasteiger partial charge in [-0.3, -0.25) is 0 Å². The van der Waals surface area contributed by atoms with Gasteiger partial charge in [-0.05, 0) is 30.7 Å². The minimum Gasteiger partial charge on any atom is -0.378 e. The monoisotopic (exact) mass is 205 g/mol. The van der Waals surface area contributed by atoms with E-state index in [1.165, 1.54) is 11.4 Å². The fourth-order valence-electron chi connectivity index (χ4n) is 1.98. The van der Waals surface area contributed by atoms with Crippen LogP contribution in [0.3, 0.4) is 0 Å². The minimum absolute atomic E-state index is 0.346. The fraction of sp³-hybridized carbons (Fsp3) is 0.500. The van der Waals surface area contributed by atoms with Gasteiger partial charge in [-0.15, -0.1) is 0 Å². The molecule has 1 unspecified atom stereocenters. The van der Waals surface area contributed by atoms with Gasteiger partial charge in [0, 0.05) is 44.6 Å². The summed E-state index contributed by atoms with van der Waals surface area (Å²) in [6.45, 7) is 2.07. The van der Waals surface area contributed by atoms with Gasteiger partial charge in [0.15, 0.2) is 0 Å². The van der Waals surface area contributed by atoms with E-state index in [1.807, 2.05) is 0 Å². The van der Waals surface area contributed by atoms with E-state index in [4.69, 9.17) is 5.73 Å². The SMILES string of the molecule is CN(C)c1ccc(N2CCC(N)C2)cc1. The first-order valence-corrected chi connectivity index (χ1v) is 5.45. The van der Waals surface area contributed by atoms with Crippen LogP contribution in [0, 0.1) is 0 Å². The van der Waals surface area contributed by atoms with Crippen LogP contribution in [0.1, 0.15) is 6.42 Å². The van der Waals surface area contributed by atoms with Crippen molar-refractivity contribution in [1.82, 2.24) is 0 Å². The largest absolute Gasteiger partial charge is 0.378 e. The molecule has 15 heavy (non-hydrogen) atoms. The van der Waals surface area contributed by atoms with Crippen molar-refractivity contribution in [2.75, 3.05) is 37.0 Å². The molecular weight excluding hydrogens is 186 g/mol. The summed E-state index contributed by atoms with van der Waals surface area (Å²) in [5.41, 5.74) is 8.41. The number of benzene rings is 1. The van der Waals surface area contributed by atoms with Crippen molar-refractivity contribution in [1.29, 1.82) is 0 Å². The summed E-state index contributed by atoms with van der Waals surface area (Å²) in [4.78, 5) is 4.46. The molecular formula is C12H19N3. The molecule has 1 fully saturated rings. The Morgan fingerprint density at radius 1 is 1.27 bits per heavy atom. The lowest BCUT2D eigenvalue weighted by Gasteiger charge is -2.19. The summed E-state index contributed by atoms with van der Waals surface area (Å²) >= 11 is 0. The number of nitrogens with zero attached hydrogens (tertiary/aromatic N) is 2. The molecule has 1 aromatic carbocycles. The van der Waals surface area contributed by atoms with Crippen LogP contribution >= 0.6 is 0 Å². The van der Waals surface area contributed by atoms with Crippen LogP contribution in [0.4, 0.5) is 11.4 Å². The Bertz CT molecular complexity index is 318. The summed E-state index contributed by atoms with van der Waals surface area (Å²) in [5, 5.41) is 0. The minimum atomic E-state index is 0.346. The Morgan fingerprint density at radius 2 is 1.93 bits per heavy atom. The molecule has 82 valence electrons. The van der Waals surface area contributed by atoms with E-state index in [0.717, 1.165) is 19.5 Å². The predicted molar refractivity (Wildman–Crippen MR) is 65.6 cm³/mol. The lowest BCUT2D eigenvalue weighted by molar-refractivity contribution is 0.752. The average molecular weight is 205 g/mol. The van der Waals surface area contributed by atoms with Crippen LogP contribution in [0.25, 0.3) is 0 Å². The molecule has 0 radical (unpaired) electrons. The summed E-state index contributed by atoms with van der Waals surface area (Å²) < 4.78 is 0. The highest BCUT2D eigenvalue weighted by Gasteiger charge is 2.18. The van der Waals surface area contributed by atoms with E-state index in [2.05, 4.69) is 48.2 Å². The second-order valence-corrected chi connectivity index (χ2v) is 4.41. The topological polar surface area (TPSA) is 32.5 Å². The van der Waals surface area contributed by atoms with Crippen LogP contribution in [-0.4, -0.2) is 33.2 Å². The van der Waals surface area contributed by atoms with Gasteiger partial charge in [-0.2, -0.15) is 0 Å². The van der Waals surface area contributed by atoms with E-state index in [9.17, 15) is 0 Å². The summed E-state index contributed by atoms with van der Waals surface area (Å²) in [6.07, 6.45) is 1.11. The Balaban J connectivity index is 2.10. The molecule has 3 nitrogen and oxygen atoms in total. The zero-order chi connectivity index (χ0) is 10.8. The Morgan fingerprint density at radius 3 is 2.40 bits per heavy atom. The molecule has 1 aliphatic heterocycles. The highest BCUT2D eigenvalue weighted by Crippen LogP contribution is 2.22. The lowest BCUT2D eigenvalue weighted by atomic mass is 10.2. The van der Waals surface area contributed by atoms with Crippen LogP contribution in [-0.2, 0) is 0 Å². The Labute approximate surface area is 91.5 Å². The summed E-state index contributed by atoms with van der Waals surface area (Å²) in [5.74, 6) is 0. The molecule has 0 bridgehead atoms. The number of rotatable bonds is 2. The maximum atomic E-state index is 5.89. The normalized spacial score (nSPS) is 20.7. The standard InChI is InChI=1S/C12H19N3/c1-14(2)11-3-5-12(6-4-11)15-8-7-10(13)9-15/h3-6,10H,7-9,13H2,1-2H3. The molecule has 1 heterocycles. The van der Waals surface area contributed by atoms with Gasteiger partial charge >= 0.3 is 0 Å². The maximum Gasteiger partial charge on any atom is 0.0368 e. The molecule has 3 heteroatoms. The van der Waals surface area contributed by atoms with E-state index in [-0.39, 0.29) is 0 Å². The maximum absolute atomic E-state index is 5.89. The summed E-state index contributed by atoms with van der Waals surface area (Å²) in [7, 11) is 4.11. The van der Waals surface area contributed by atoms with Crippen molar-refractivity contribution in [2.24, 2.45) is 5.73 Å². The van der Waals surface area contributed by atoms with Crippen LogP contribution in [0.2, 0.25) is 0 Å². The van der Waals surface area contributed by atoms with Gasteiger partial charge in [-0.25, -0.2) is 0 Å². The first kappa shape index (κ1) is 10.3. The molecule has 1 aromatic rings. The molecule has 1 atom stereocenters. The lowest BCUT2D eigenvalue weighted by Crippen LogP contribution is -2.26. The van der Waals surface area contributed by atoms with Gasteiger partial charge in [0.05, 0.1) is 0 Å². The van der Waals surface area contributed by atoms with E-state index >= 15 is 0 Å². The first-order valence-electron chi connectivity index (χ1n) is 5.45. The molecule has 0 saturated carbocycles. The van der Waals surface area contributed by atoms with E-state index in [0.29, 0.717) is 6.04 Å². The molecule has 1 aliphatic rings. The van der Waals surface area contributed by atoms with Crippen LogP contribution < -0.4 is 15.5 Å². The quantitative estimate of drug-likeness (QED) is 0.789.